The van der Waals surface area contributed by atoms with E-state index in [0.717, 1.165) is 11.4 Å². The van der Waals surface area contributed by atoms with Gasteiger partial charge in [0.25, 0.3) is 0 Å². The van der Waals surface area contributed by atoms with Gasteiger partial charge in [0.15, 0.2) is 0 Å². The van der Waals surface area contributed by atoms with E-state index in [4.69, 9.17) is 0 Å². The van der Waals surface area contributed by atoms with Crippen LogP contribution in [0.2, 0.25) is 0 Å². The molecule has 0 fully saturated rings. The van der Waals surface area contributed by atoms with Crippen LogP contribution < -0.4 is 4.90 Å². The number of nitrogens with zero attached hydrogens (tertiary/aromatic N) is 1. The van der Waals surface area contributed by atoms with Crippen LogP contribution in [0.15, 0.2) is 164 Å². The summed E-state index contributed by atoms with van der Waals surface area (Å²) in [6.45, 7) is 0. The smallest absolute Gasteiger partial charge is 0.0555 e. The lowest BCUT2D eigenvalue weighted by atomic mass is 9.99. The van der Waals surface area contributed by atoms with Crippen LogP contribution in [-0.2, 0) is 0 Å². The molecule has 0 aliphatic carbocycles. The normalized spacial score (nSPS) is 11.8. The summed E-state index contributed by atoms with van der Waals surface area (Å²) < 4.78 is 5.33. The predicted octanol–water partition coefficient (Wildman–Crippen LogP) is 13.9. The SMILES string of the molecule is c1ccc(N(c2cccc(-c3ccc4ccccc4c3)c2)c2cccc3sc4ccc5sc6c7ccccc7ccc6c5c4c23)cc1. The van der Waals surface area contributed by atoms with Gasteiger partial charge in [0.05, 0.1) is 5.69 Å². The minimum atomic E-state index is 1.14. The molecule has 0 spiro atoms. The Labute approximate surface area is 280 Å². The molecular weight excluding hydrogens is 607 g/mol. The van der Waals surface area contributed by atoms with Crippen LogP contribution in [0, 0.1) is 0 Å². The van der Waals surface area contributed by atoms with E-state index >= 15 is 0 Å². The molecule has 0 amide bonds. The van der Waals surface area contributed by atoms with Crippen molar-refractivity contribution >= 4 is 102 Å². The Kier molecular flexibility index (Phi) is 5.98. The van der Waals surface area contributed by atoms with Crippen LogP contribution in [0.3, 0.4) is 0 Å². The Morgan fingerprint density at radius 1 is 0.362 bits per heavy atom. The molecule has 0 saturated heterocycles. The number of thiophene rings is 2. The number of fused-ring (bicyclic) bond motifs is 10. The van der Waals surface area contributed by atoms with Crippen molar-refractivity contribution in [3.63, 3.8) is 0 Å². The van der Waals surface area contributed by atoms with Gasteiger partial charge in [0.2, 0.25) is 0 Å². The number of hydrogen-bond acceptors (Lipinski definition) is 3. The summed E-state index contributed by atoms with van der Waals surface area (Å²) in [5.41, 5.74) is 5.90. The zero-order valence-corrected chi connectivity index (χ0v) is 27.0. The summed E-state index contributed by atoms with van der Waals surface area (Å²) >= 11 is 3.81. The fraction of sp³-hybridized carbons (Fsp3) is 0. The third-order valence-electron chi connectivity index (χ3n) is 9.41. The average Bonchev–Trinajstić information content (AvgIpc) is 3.71. The highest BCUT2D eigenvalue weighted by atomic mass is 32.1. The first-order valence-corrected chi connectivity index (χ1v) is 17.6. The third kappa shape index (κ3) is 4.21. The molecular formula is C44H27NS2. The van der Waals surface area contributed by atoms with Crippen molar-refractivity contribution in [1.29, 1.82) is 0 Å². The van der Waals surface area contributed by atoms with Crippen LogP contribution in [0.4, 0.5) is 17.1 Å². The molecule has 10 rings (SSSR count). The maximum absolute atomic E-state index is 2.45. The Hall–Kier alpha value is -5.48. The largest absolute Gasteiger partial charge is 0.310 e. The van der Waals surface area contributed by atoms with Gasteiger partial charge in [-0.2, -0.15) is 0 Å². The topological polar surface area (TPSA) is 3.24 Å². The highest BCUT2D eigenvalue weighted by Crippen LogP contribution is 2.50. The second kappa shape index (κ2) is 10.5. The summed E-state index contributed by atoms with van der Waals surface area (Å²) in [5.74, 6) is 0. The van der Waals surface area contributed by atoms with Crippen molar-refractivity contribution in [2.75, 3.05) is 4.90 Å². The third-order valence-corrected chi connectivity index (χ3v) is 11.7. The fourth-order valence-electron chi connectivity index (χ4n) is 7.27. The highest BCUT2D eigenvalue weighted by Gasteiger charge is 2.21. The van der Waals surface area contributed by atoms with E-state index in [-0.39, 0.29) is 0 Å². The van der Waals surface area contributed by atoms with E-state index < -0.39 is 0 Å². The molecule has 8 aromatic carbocycles. The van der Waals surface area contributed by atoms with Crippen LogP contribution in [0.1, 0.15) is 0 Å². The predicted molar refractivity (Wildman–Crippen MR) is 207 cm³/mol. The Balaban J connectivity index is 1.25. The highest BCUT2D eigenvalue weighted by molar-refractivity contribution is 7.28. The summed E-state index contributed by atoms with van der Waals surface area (Å²) in [6.07, 6.45) is 0. The minimum absolute atomic E-state index is 1.14. The molecule has 0 aliphatic heterocycles. The molecule has 0 atom stereocenters. The van der Waals surface area contributed by atoms with Gasteiger partial charge >= 0.3 is 0 Å². The quantitative estimate of drug-likeness (QED) is 0.186. The maximum atomic E-state index is 2.45. The molecule has 0 aliphatic rings. The monoisotopic (exact) mass is 633 g/mol. The van der Waals surface area contributed by atoms with E-state index in [0.29, 0.717) is 0 Å². The van der Waals surface area contributed by atoms with E-state index in [9.17, 15) is 0 Å². The molecule has 0 N–H and O–H groups in total. The van der Waals surface area contributed by atoms with Gasteiger partial charge in [-0.1, -0.05) is 109 Å². The molecule has 220 valence electrons. The van der Waals surface area contributed by atoms with Gasteiger partial charge in [-0.25, -0.2) is 0 Å². The van der Waals surface area contributed by atoms with Gasteiger partial charge in [0, 0.05) is 51.7 Å². The van der Waals surface area contributed by atoms with Crippen molar-refractivity contribution < 1.29 is 0 Å². The molecule has 2 heterocycles. The second-order valence-electron chi connectivity index (χ2n) is 12.1. The zero-order chi connectivity index (χ0) is 30.9. The first-order chi connectivity index (χ1) is 23.3. The van der Waals surface area contributed by atoms with Crippen molar-refractivity contribution in [1.82, 2.24) is 0 Å². The first-order valence-electron chi connectivity index (χ1n) is 15.9. The second-order valence-corrected chi connectivity index (χ2v) is 14.2. The standard InChI is InChI=1S/C44H27NS2/c1-2-14-33(15-3-1)45(34-16-8-13-31(27-34)32-21-20-28-10-4-5-12-30(28)26-32)37-18-9-19-38-42(37)43-40(46-38)25-24-39-41(43)36-23-22-29-11-6-7-17-35(29)44(36)47-39/h1-27H. The number of hydrogen-bond donors (Lipinski definition) is 0. The summed E-state index contributed by atoms with van der Waals surface area (Å²) in [4.78, 5) is 2.45. The zero-order valence-electron chi connectivity index (χ0n) is 25.4. The number of anilines is 3. The van der Waals surface area contributed by atoms with Crippen LogP contribution in [0.5, 0.6) is 0 Å². The Bertz CT molecular complexity index is 2810. The Morgan fingerprint density at radius 3 is 1.94 bits per heavy atom. The number of benzene rings is 8. The molecule has 3 heteroatoms. The molecule has 10 aromatic rings. The molecule has 0 unspecified atom stereocenters. The lowest BCUT2D eigenvalue weighted by Crippen LogP contribution is -2.10. The number of rotatable bonds is 4. The van der Waals surface area contributed by atoms with E-state index in [1.54, 1.807) is 0 Å². The van der Waals surface area contributed by atoms with Gasteiger partial charge < -0.3 is 4.90 Å². The van der Waals surface area contributed by atoms with Crippen molar-refractivity contribution in [3.05, 3.63) is 164 Å². The van der Waals surface area contributed by atoms with Crippen LogP contribution in [0.25, 0.3) is 73.0 Å². The average molecular weight is 634 g/mol. The first kappa shape index (κ1) is 26.7. The molecule has 47 heavy (non-hydrogen) atoms. The minimum Gasteiger partial charge on any atom is -0.310 e. The molecule has 1 nitrogen and oxygen atoms in total. The summed E-state index contributed by atoms with van der Waals surface area (Å²) in [6, 6.07) is 60.0. The van der Waals surface area contributed by atoms with Gasteiger partial charge in [-0.3, -0.25) is 0 Å². The lowest BCUT2D eigenvalue weighted by molar-refractivity contribution is 1.30. The summed E-state index contributed by atoms with van der Waals surface area (Å²) in [5, 5.41) is 10.5. The molecule has 0 radical (unpaired) electrons. The van der Waals surface area contributed by atoms with E-state index in [2.05, 4.69) is 169 Å². The van der Waals surface area contributed by atoms with Crippen LogP contribution in [-0.4, -0.2) is 0 Å². The van der Waals surface area contributed by atoms with Gasteiger partial charge in [-0.05, 0) is 87.3 Å². The van der Waals surface area contributed by atoms with Crippen molar-refractivity contribution in [2.45, 2.75) is 0 Å². The molecule has 0 bridgehead atoms. The fourth-order valence-corrected chi connectivity index (χ4v) is 9.65. The van der Waals surface area contributed by atoms with Crippen molar-refractivity contribution in [3.8, 4) is 11.1 Å². The lowest BCUT2D eigenvalue weighted by Gasteiger charge is -2.27. The molecule has 0 saturated carbocycles. The van der Waals surface area contributed by atoms with Crippen LogP contribution >= 0.6 is 22.7 Å². The van der Waals surface area contributed by atoms with Gasteiger partial charge in [-0.15, -0.1) is 22.7 Å². The van der Waals surface area contributed by atoms with E-state index in [1.807, 2.05) is 22.7 Å². The van der Waals surface area contributed by atoms with E-state index in [1.165, 1.54) is 78.7 Å². The van der Waals surface area contributed by atoms with Crippen molar-refractivity contribution in [2.24, 2.45) is 0 Å². The maximum Gasteiger partial charge on any atom is 0.0555 e. The Morgan fingerprint density at radius 2 is 1.04 bits per heavy atom. The summed E-state index contributed by atoms with van der Waals surface area (Å²) in [7, 11) is 0. The van der Waals surface area contributed by atoms with Gasteiger partial charge in [0.1, 0.15) is 0 Å². The number of para-hydroxylation sites is 1. The molecule has 2 aromatic heterocycles.